The molecule has 3 heteroatoms. The maximum atomic E-state index is 9.03. The van der Waals surface area contributed by atoms with Crippen LogP contribution in [0.2, 0.25) is 0 Å². The minimum absolute atomic E-state index is 0.0245. The topological polar surface area (TPSA) is 37.2 Å². The zero-order valence-electron chi connectivity index (χ0n) is 7.49. The van der Waals surface area contributed by atoms with Crippen molar-refractivity contribution in [3.8, 4) is 0 Å². The van der Waals surface area contributed by atoms with Gasteiger partial charge in [-0.15, -0.1) is 0 Å². The molecule has 0 atom stereocenters. The van der Waals surface area contributed by atoms with Crippen molar-refractivity contribution in [1.82, 2.24) is 4.57 Å². The first-order valence-corrected chi connectivity index (χ1v) is 4.22. The summed E-state index contributed by atoms with van der Waals surface area (Å²) >= 11 is 0. The van der Waals surface area contributed by atoms with Gasteiger partial charge in [0.2, 0.25) is 0 Å². The van der Waals surface area contributed by atoms with E-state index >= 15 is 0 Å². The SMILES string of the molecule is CNc1ccc2ccn(CO)c2c1. The fourth-order valence-electron chi connectivity index (χ4n) is 1.46. The largest absolute Gasteiger partial charge is 0.388 e. The Morgan fingerprint density at radius 3 is 2.92 bits per heavy atom. The van der Waals surface area contributed by atoms with Crippen molar-refractivity contribution >= 4 is 16.6 Å². The van der Waals surface area contributed by atoms with E-state index in [2.05, 4.69) is 5.32 Å². The number of hydrogen-bond donors (Lipinski definition) is 2. The molecule has 1 aromatic heterocycles. The Balaban J connectivity index is 2.64. The second-order valence-electron chi connectivity index (χ2n) is 2.95. The summed E-state index contributed by atoms with van der Waals surface area (Å²) in [7, 11) is 1.88. The van der Waals surface area contributed by atoms with Crippen LogP contribution in [0.1, 0.15) is 0 Å². The maximum absolute atomic E-state index is 9.03. The van der Waals surface area contributed by atoms with Crippen LogP contribution in [-0.2, 0) is 6.73 Å². The van der Waals surface area contributed by atoms with Gasteiger partial charge in [-0.2, -0.15) is 0 Å². The fourth-order valence-corrected chi connectivity index (χ4v) is 1.46. The van der Waals surface area contributed by atoms with E-state index in [-0.39, 0.29) is 6.73 Å². The zero-order valence-corrected chi connectivity index (χ0v) is 7.49. The van der Waals surface area contributed by atoms with Crippen LogP contribution in [0.3, 0.4) is 0 Å². The molecule has 2 N–H and O–H groups in total. The Kier molecular flexibility index (Phi) is 1.94. The first-order valence-electron chi connectivity index (χ1n) is 4.22. The number of nitrogens with zero attached hydrogens (tertiary/aromatic N) is 1. The Morgan fingerprint density at radius 1 is 1.38 bits per heavy atom. The molecular weight excluding hydrogens is 164 g/mol. The van der Waals surface area contributed by atoms with Crippen molar-refractivity contribution in [2.24, 2.45) is 0 Å². The van der Waals surface area contributed by atoms with Crippen molar-refractivity contribution in [2.75, 3.05) is 12.4 Å². The number of aliphatic hydroxyl groups excluding tert-OH is 1. The lowest BCUT2D eigenvalue weighted by molar-refractivity contribution is 0.215. The Labute approximate surface area is 76.6 Å². The van der Waals surface area contributed by atoms with E-state index in [1.54, 1.807) is 4.57 Å². The minimum atomic E-state index is 0.0245. The lowest BCUT2D eigenvalue weighted by atomic mass is 10.2. The number of aliphatic hydroxyl groups is 1. The summed E-state index contributed by atoms with van der Waals surface area (Å²) in [5.41, 5.74) is 2.11. The second-order valence-corrected chi connectivity index (χ2v) is 2.95. The molecule has 0 fully saturated rings. The summed E-state index contributed by atoms with van der Waals surface area (Å²) in [6, 6.07) is 8.06. The number of aromatic nitrogens is 1. The van der Waals surface area contributed by atoms with E-state index in [1.807, 2.05) is 37.5 Å². The summed E-state index contributed by atoms with van der Waals surface area (Å²) < 4.78 is 1.80. The van der Waals surface area contributed by atoms with Crippen LogP contribution in [0.4, 0.5) is 5.69 Å². The average Bonchev–Trinajstić information content (AvgIpc) is 2.59. The van der Waals surface area contributed by atoms with Gasteiger partial charge in [-0.05, 0) is 23.6 Å². The monoisotopic (exact) mass is 176 g/mol. The molecule has 2 rings (SSSR count). The van der Waals surface area contributed by atoms with Gasteiger partial charge in [0.1, 0.15) is 6.73 Å². The quantitative estimate of drug-likeness (QED) is 0.729. The smallest absolute Gasteiger partial charge is 0.119 e. The number of benzene rings is 1. The van der Waals surface area contributed by atoms with E-state index in [9.17, 15) is 0 Å². The van der Waals surface area contributed by atoms with Crippen molar-refractivity contribution in [1.29, 1.82) is 0 Å². The van der Waals surface area contributed by atoms with Gasteiger partial charge in [-0.1, -0.05) is 6.07 Å². The van der Waals surface area contributed by atoms with Crippen molar-refractivity contribution < 1.29 is 5.11 Å². The molecular formula is C10H12N2O. The van der Waals surface area contributed by atoms with Crippen LogP contribution >= 0.6 is 0 Å². The van der Waals surface area contributed by atoms with Gasteiger partial charge in [0.05, 0.1) is 5.52 Å². The molecule has 0 saturated carbocycles. The molecule has 0 amide bonds. The predicted octanol–water partition coefficient (Wildman–Crippen LogP) is 1.63. The van der Waals surface area contributed by atoms with E-state index in [0.717, 1.165) is 16.6 Å². The van der Waals surface area contributed by atoms with Crippen molar-refractivity contribution in [3.63, 3.8) is 0 Å². The predicted molar refractivity (Wildman–Crippen MR) is 53.7 cm³/mol. The summed E-state index contributed by atoms with van der Waals surface area (Å²) in [4.78, 5) is 0. The highest BCUT2D eigenvalue weighted by Crippen LogP contribution is 2.19. The number of fused-ring (bicyclic) bond motifs is 1. The molecule has 0 spiro atoms. The van der Waals surface area contributed by atoms with Crippen LogP contribution < -0.4 is 5.32 Å². The van der Waals surface area contributed by atoms with E-state index in [1.165, 1.54) is 0 Å². The molecule has 3 nitrogen and oxygen atoms in total. The van der Waals surface area contributed by atoms with Gasteiger partial charge in [0.15, 0.2) is 0 Å². The summed E-state index contributed by atoms with van der Waals surface area (Å²) in [5, 5.41) is 13.2. The Morgan fingerprint density at radius 2 is 2.23 bits per heavy atom. The normalized spacial score (nSPS) is 10.6. The minimum Gasteiger partial charge on any atom is -0.388 e. The van der Waals surface area contributed by atoms with Crippen LogP contribution in [0.25, 0.3) is 10.9 Å². The highest BCUT2D eigenvalue weighted by Gasteiger charge is 1.99. The molecule has 0 radical (unpaired) electrons. The van der Waals surface area contributed by atoms with Crippen LogP contribution in [0.15, 0.2) is 30.5 Å². The molecule has 0 aliphatic heterocycles. The standard InChI is InChI=1S/C10H12N2O/c1-11-9-3-2-8-4-5-12(7-13)10(8)6-9/h2-6,11,13H,7H2,1H3. The summed E-state index contributed by atoms with van der Waals surface area (Å²) in [6.07, 6.45) is 1.88. The molecule has 68 valence electrons. The third-order valence-corrected chi connectivity index (χ3v) is 2.21. The van der Waals surface area contributed by atoms with Gasteiger partial charge in [-0.3, -0.25) is 0 Å². The highest BCUT2D eigenvalue weighted by atomic mass is 16.3. The third kappa shape index (κ3) is 1.27. The van der Waals surface area contributed by atoms with E-state index in [4.69, 9.17) is 5.11 Å². The molecule has 1 heterocycles. The van der Waals surface area contributed by atoms with Crippen LogP contribution in [-0.4, -0.2) is 16.7 Å². The third-order valence-electron chi connectivity index (χ3n) is 2.21. The lowest BCUT2D eigenvalue weighted by Crippen LogP contribution is -1.94. The number of hydrogen-bond acceptors (Lipinski definition) is 2. The summed E-state index contributed by atoms with van der Waals surface area (Å²) in [6.45, 7) is 0.0245. The number of rotatable bonds is 2. The lowest BCUT2D eigenvalue weighted by Gasteiger charge is -2.02. The van der Waals surface area contributed by atoms with Gasteiger partial charge in [-0.25, -0.2) is 0 Å². The molecule has 2 aromatic rings. The first-order chi connectivity index (χ1) is 6.35. The first kappa shape index (κ1) is 8.13. The van der Waals surface area contributed by atoms with Crippen LogP contribution in [0, 0.1) is 0 Å². The second kappa shape index (κ2) is 3.11. The van der Waals surface area contributed by atoms with Gasteiger partial charge >= 0.3 is 0 Å². The van der Waals surface area contributed by atoms with Crippen molar-refractivity contribution in [3.05, 3.63) is 30.5 Å². The average molecular weight is 176 g/mol. The highest BCUT2D eigenvalue weighted by molar-refractivity contribution is 5.83. The molecule has 1 aromatic carbocycles. The van der Waals surface area contributed by atoms with Gasteiger partial charge in [0.25, 0.3) is 0 Å². The molecule has 0 aliphatic rings. The fraction of sp³-hybridized carbons (Fsp3) is 0.200. The van der Waals surface area contributed by atoms with E-state index < -0.39 is 0 Å². The maximum Gasteiger partial charge on any atom is 0.119 e. The van der Waals surface area contributed by atoms with Crippen LogP contribution in [0.5, 0.6) is 0 Å². The molecule has 0 unspecified atom stereocenters. The number of anilines is 1. The van der Waals surface area contributed by atoms with E-state index in [0.29, 0.717) is 0 Å². The summed E-state index contributed by atoms with van der Waals surface area (Å²) in [5.74, 6) is 0. The van der Waals surface area contributed by atoms with Gasteiger partial charge < -0.3 is 15.0 Å². The molecule has 0 aliphatic carbocycles. The number of nitrogens with one attached hydrogen (secondary N) is 1. The Hall–Kier alpha value is -1.48. The molecule has 0 bridgehead atoms. The Bertz CT molecular complexity index is 420. The van der Waals surface area contributed by atoms with Gasteiger partial charge in [0, 0.05) is 18.9 Å². The molecule has 13 heavy (non-hydrogen) atoms. The van der Waals surface area contributed by atoms with Crippen molar-refractivity contribution in [2.45, 2.75) is 6.73 Å². The zero-order chi connectivity index (χ0) is 9.26. The molecule has 0 saturated heterocycles.